The van der Waals surface area contributed by atoms with Gasteiger partial charge in [-0.15, -0.1) is 0 Å². The maximum atomic E-state index is 11.8. The number of carbonyl (C=O) groups is 1. The fourth-order valence-electron chi connectivity index (χ4n) is 2.00. The summed E-state index contributed by atoms with van der Waals surface area (Å²) in [5.41, 5.74) is 3.81. The van der Waals surface area contributed by atoms with Crippen LogP contribution in [0.2, 0.25) is 0 Å². The Labute approximate surface area is 111 Å². The molecule has 0 aliphatic heterocycles. The van der Waals surface area contributed by atoms with Crippen molar-refractivity contribution in [2.75, 3.05) is 6.54 Å². The lowest BCUT2D eigenvalue weighted by atomic mass is 10.1. The molecule has 1 amide bonds. The molecule has 0 radical (unpaired) electrons. The Morgan fingerprint density at radius 3 is 2.58 bits per heavy atom. The lowest BCUT2D eigenvalue weighted by Crippen LogP contribution is -2.26. The van der Waals surface area contributed by atoms with Gasteiger partial charge in [-0.2, -0.15) is 5.10 Å². The molecule has 6 heteroatoms. The standard InChI is InChI=1S/C13H17N5O/c1-9-12(10(2)18(3)17-9)4-5-16-13(19)11-6-14-8-15-7-11/h6-8H,4-5H2,1-3H3,(H,16,19). The molecular formula is C13H17N5O. The van der Waals surface area contributed by atoms with Gasteiger partial charge in [0.05, 0.1) is 11.3 Å². The third-order valence-electron chi connectivity index (χ3n) is 3.14. The van der Waals surface area contributed by atoms with Gasteiger partial charge in [0.25, 0.3) is 5.91 Å². The molecule has 100 valence electrons. The van der Waals surface area contributed by atoms with Gasteiger partial charge < -0.3 is 5.32 Å². The van der Waals surface area contributed by atoms with E-state index in [1.165, 1.54) is 24.3 Å². The summed E-state index contributed by atoms with van der Waals surface area (Å²) in [6.45, 7) is 4.58. The van der Waals surface area contributed by atoms with E-state index in [4.69, 9.17) is 0 Å². The summed E-state index contributed by atoms with van der Waals surface area (Å²) in [5, 5.41) is 7.21. The molecule has 2 aromatic heterocycles. The summed E-state index contributed by atoms with van der Waals surface area (Å²) in [7, 11) is 1.92. The van der Waals surface area contributed by atoms with Crippen LogP contribution in [0.15, 0.2) is 18.7 Å². The summed E-state index contributed by atoms with van der Waals surface area (Å²) < 4.78 is 1.86. The van der Waals surface area contributed by atoms with Crippen LogP contribution in [-0.2, 0) is 13.5 Å². The average Bonchev–Trinajstić information content (AvgIpc) is 2.66. The van der Waals surface area contributed by atoms with Crippen molar-refractivity contribution in [3.05, 3.63) is 41.2 Å². The fraction of sp³-hybridized carbons (Fsp3) is 0.385. The van der Waals surface area contributed by atoms with Crippen molar-refractivity contribution >= 4 is 5.91 Å². The molecule has 0 atom stereocenters. The molecule has 0 fully saturated rings. The van der Waals surface area contributed by atoms with Gasteiger partial charge in [0.15, 0.2) is 0 Å². The lowest BCUT2D eigenvalue weighted by molar-refractivity contribution is 0.0953. The second-order valence-corrected chi connectivity index (χ2v) is 4.41. The molecule has 0 saturated carbocycles. The highest BCUT2D eigenvalue weighted by atomic mass is 16.1. The summed E-state index contributed by atoms with van der Waals surface area (Å²) in [6.07, 6.45) is 5.18. The highest BCUT2D eigenvalue weighted by Crippen LogP contribution is 2.11. The second-order valence-electron chi connectivity index (χ2n) is 4.41. The van der Waals surface area contributed by atoms with Gasteiger partial charge in [0, 0.05) is 31.7 Å². The van der Waals surface area contributed by atoms with Crippen LogP contribution in [-0.4, -0.2) is 32.2 Å². The first-order valence-corrected chi connectivity index (χ1v) is 6.12. The van der Waals surface area contributed by atoms with E-state index in [0.717, 1.165) is 17.8 Å². The van der Waals surface area contributed by atoms with Gasteiger partial charge in [-0.3, -0.25) is 9.48 Å². The third kappa shape index (κ3) is 2.96. The zero-order valence-electron chi connectivity index (χ0n) is 11.3. The molecule has 2 rings (SSSR count). The fourth-order valence-corrected chi connectivity index (χ4v) is 2.00. The topological polar surface area (TPSA) is 72.7 Å². The van der Waals surface area contributed by atoms with Gasteiger partial charge in [0.1, 0.15) is 6.33 Å². The maximum absolute atomic E-state index is 11.8. The van der Waals surface area contributed by atoms with Crippen LogP contribution < -0.4 is 5.32 Å². The van der Waals surface area contributed by atoms with Crippen molar-refractivity contribution in [3.8, 4) is 0 Å². The Morgan fingerprint density at radius 2 is 2.00 bits per heavy atom. The lowest BCUT2D eigenvalue weighted by Gasteiger charge is -2.05. The third-order valence-corrected chi connectivity index (χ3v) is 3.14. The predicted molar refractivity (Wildman–Crippen MR) is 70.8 cm³/mol. The number of aromatic nitrogens is 4. The average molecular weight is 259 g/mol. The maximum Gasteiger partial charge on any atom is 0.254 e. The summed E-state index contributed by atoms with van der Waals surface area (Å²) in [4.78, 5) is 19.4. The quantitative estimate of drug-likeness (QED) is 0.881. The van der Waals surface area contributed by atoms with Crippen LogP contribution in [0, 0.1) is 13.8 Å². The summed E-state index contributed by atoms with van der Waals surface area (Å²) in [6, 6.07) is 0. The van der Waals surface area contributed by atoms with Crippen LogP contribution in [0.4, 0.5) is 0 Å². The zero-order chi connectivity index (χ0) is 13.8. The van der Waals surface area contributed by atoms with E-state index in [-0.39, 0.29) is 5.91 Å². The molecule has 0 unspecified atom stereocenters. The Balaban J connectivity index is 1.92. The molecule has 0 spiro atoms. The van der Waals surface area contributed by atoms with Crippen molar-refractivity contribution in [3.63, 3.8) is 0 Å². The van der Waals surface area contributed by atoms with Crippen LogP contribution in [0.3, 0.4) is 0 Å². The minimum Gasteiger partial charge on any atom is -0.352 e. The minimum absolute atomic E-state index is 0.153. The first-order valence-electron chi connectivity index (χ1n) is 6.12. The number of hydrogen-bond acceptors (Lipinski definition) is 4. The van der Waals surface area contributed by atoms with Gasteiger partial charge in [-0.05, 0) is 25.8 Å². The molecular weight excluding hydrogens is 242 g/mol. The number of aryl methyl sites for hydroxylation is 2. The van der Waals surface area contributed by atoms with E-state index in [1.54, 1.807) is 0 Å². The normalized spacial score (nSPS) is 10.5. The molecule has 0 aromatic carbocycles. The number of nitrogens with zero attached hydrogens (tertiary/aromatic N) is 4. The Kier molecular flexibility index (Phi) is 3.89. The second kappa shape index (κ2) is 5.60. The molecule has 2 heterocycles. The number of hydrogen-bond donors (Lipinski definition) is 1. The molecule has 0 aliphatic rings. The number of nitrogens with one attached hydrogen (secondary N) is 1. The van der Waals surface area contributed by atoms with Crippen LogP contribution in [0.5, 0.6) is 0 Å². The Hall–Kier alpha value is -2.24. The van der Waals surface area contributed by atoms with Crippen molar-refractivity contribution in [1.29, 1.82) is 0 Å². The minimum atomic E-state index is -0.153. The predicted octanol–water partition coefficient (Wildman–Crippen LogP) is 0.799. The van der Waals surface area contributed by atoms with Crippen LogP contribution in [0.1, 0.15) is 27.3 Å². The summed E-state index contributed by atoms with van der Waals surface area (Å²) in [5.74, 6) is -0.153. The molecule has 0 bridgehead atoms. The number of amides is 1. The van der Waals surface area contributed by atoms with E-state index >= 15 is 0 Å². The van der Waals surface area contributed by atoms with E-state index < -0.39 is 0 Å². The number of carbonyl (C=O) groups excluding carboxylic acids is 1. The molecule has 1 N–H and O–H groups in total. The van der Waals surface area contributed by atoms with Crippen molar-refractivity contribution in [1.82, 2.24) is 25.1 Å². The highest BCUT2D eigenvalue weighted by molar-refractivity contribution is 5.93. The first kappa shape index (κ1) is 13.2. The SMILES string of the molecule is Cc1nn(C)c(C)c1CCNC(=O)c1cncnc1. The molecule has 2 aromatic rings. The molecule has 0 saturated heterocycles. The van der Waals surface area contributed by atoms with Crippen molar-refractivity contribution in [2.45, 2.75) is 20.3 Å². The van der Waals surface area contributed by atoms with Gasteiger partial charge in [-0.25, -0.2) is 9.97 Å². The highest BCUT2D eigenvalue weighted by Gasteiger charge is 2.10. The first-order chi connectivity index (χ1) is 9.09. The van der Waals surface area contributed by atoms with E-state index in [1.807, 2.05) is 25.6 Å². The Morgan fingerprint density at radius 1 is 1.32 bits per heavy atom. The molecule has 19 heavy (non-hydrogen) atoms. The number of rotatable bonds is 4. The van der Waals surface area contributed by atoms with E-state index in [2.05, 4.69) is 20.4 Å². The van der Waals surface area contributed by atoms with Crippen LogP contribution in [0.25, 0.3) is 0 Å². The van der Waals surface area contributed by atoms with E-state index in [0.29, 0.717) is 12.1 Å². The van der Waals surface area contributed by atoms with Crippen molar-refractivity contribution in [2.24, 2.45) is 7.05 Å². The largest absolute Gasteiger partial charge is 0.352 e. The molecule has 6 nitrogen and oxygen atoms in total. The summed E-state index contributed by atoms with van der Waals surface area (Å²) >= 11 is 0. The van der Waals surface area contributed by atoms with E-state index in [9.17, 15) is 4.79 Å². The molecule has 0 aliphatic carbocycles. The van der Waals surface area contributed by atoms with Gasteiger partial charge in [-0.1, -0.05) is 0 Å². The van der Waals surface area contributed by atoms with Crippen molar-refractivity contribution < 1.29 is 4.79 Å². The zero-order valence-corrected chi connectivity index (χ0v) is 11.3. The van der Waals surface area contributed by atoms with Gasteiger partial charge in [0.2, 0.25) is 0 Å². The van der Waals surface area contributed by atoms with Crippen LogP contribution >= 0.6 is 0 Å². The van der Waals surface area contributed by atoms with Gasteiger partial charge >= 0.3 is 0 Å². The Bertz CT molecular complexity index is 576. The smallest absolute Gasteiger partial charge is 0.254 e. The monoisotopic (exact) mass is 259 g/mol.